The number of aromatic amines is 1. The highest BCUT2D eigenvalue weighted by molar-refractivity contribution is 7.80. The SMILES string of the molecule is CCc1ccc2[nH]c(=O)c(CN(Cc3ccc4c(c3)OCO4)C(=S)NCCCN(CC)CC)cc2c1. The molecule has 0 amide bonds. The number of ether oxygens (including phenoxy) is 2. The maximum absolute atomic E-state index is 13.0. The molecule has 0 fully saturated rings. The van der Waals surface area contributed by atoms with Crippen LogP contribution in [0.1, 0.15) is 43.9 Å². The van der Waals surface area contributed by atoms with Crippen molar-refractivity contribution < 1.29 is 9.47 Å². The molecule has 0 aliphatic carbocycles. The monoisotopic (exact) mass is 508 g/mol. The molecule has 1 aliphatic heterocycles. The third kappa shape index (κ3) is 6.36. The summed E-state index contributed by atoms with van der Waals surface area (Å²) in [5.41, 5.74) is 3.72. The van der Waals surface area contributed by atoms with Gasteiger partial charge in [-0.3, -0.25) is 4.79 Å². The van der Waals surface area contributed by atoms with Crippen LogP contribution in [-0.4, -0.2) is 52.9 Å². The molecule has 192 valence electrons. The molecule has 8 heteroatoms. The molecule has 2 aromatic carbocycles. The second-order valence-corrected chi connectivity index (χ2v) is 9.44. The van der Waals surface area contributed by atoms with E-state index in [2.05, 4.69) is 48.1 Å². The second-order valence-electron chi connectivity index (χ2n) is 9.05. The van der Waals surface area contributed by atoms with Crippen LogP contribution in [0.3, 0.4) is 0 Å². The van der Waals surface area contributed by atoms with Gasteiger partial charge >= 0.3 is 0 Å². The maximum atomic E-state index is 13.0. The lowest BCUT2D eigenvalue weighted by molar-refractivity contribution is 0.174. The molecule has 3 aromatic rings. The molecule has 2 heterocycles. The third-order valence-corrected chi connectivity index (χ3v) is 7.08. The first kappa shape index (κ1) is 26.0. The molecule has 2 N–H and O–H groups in total. The summed E-state index contributed by atoms with van der Waals surface area (Å²) in [4.78, 5) is 20.4. The summed E-state index contributed by atoms with van der Waals surface area (Å²) in [5.74, 6) is 1.49. The van der Waals surface area contributed by atoms with Crippen LogP contribution < -0.4 is 20.3 Å². The van der Waals surface area contributed by atoms with Gasteiger partial charge in [-0.15, -0.1) is 0 Å². The van der Waals surface area contributed by atoms with Gasteiger partial charge in [-0.25, -0.2) is 0 Å². The molecule has 0 atom stereocenters. The quantitative estimate of drug-likeness (QED) is 0.293. The lowest BCUT2D eigenvalue weighted by Gasteiger charge is -2.26. The van der Waals surface area contributed by atoms with E-state index in [0.29, 0.717) is 23.8 Å². The first-order valence-corrected chi connectivity index (χ1v) is 13.2. The van der Waals surface area contributed by atoms with Gasteiger partial charge in [0.2, 0.25) is 6.79 Å². The Kier molecular flexibility index (Phi) is 8.83. The molecular weight excluding hydrogens is 472 g/mol. The van der Waals surface area contributed by atoms with Crippen molar-refractivity contribution in [1.82, 2.24) is 20.1 Å². The Morgan fingerprint density at radius 1 is 1.00 bits per heavy atom. The molecule has 0 unspecified atom stereocenters. The summed E-state index contributed by atoms with van der Waals surface area (Å²) in [6.45, 7) is 11.6. The summed E-state index contributed by atoms with van der Waals surface area (Å²) in [6.07, 6.45) is 1.94. The maximum Gasteiger partial charge on any atom is 0.253 e. The van der Waals surface area contributed by atoms with Crippen LogP contribution in [0.5, 0.6) is 11.5 Å². The zero-order valence-electron chi connectivity index (χ0n) is 21.4. The van der Waals surface area contributed by atoms with E-state index in [1.165, 1.54) is 5.56 Å². The number of nitrogens with one attached hydrogen (secondary N) is 2. The summed E-state index contributed by atoms with van der Waals surface area (Å²) < 4.78 is 11.0. The van der Waals surface area contributed by atoms with E-state index in [9.17, 15) is 4.79 Å². The van der Waals surface area contributed by atoms with Gasteiger partial charge in [0, 0.05) is 24.2 Å². The van der Waals surface area contributed by atoms with Gasteiger partial charge < -0.3 is 29.6 Å². The highest BCUT2D eigenvalue weighted by Gasteiger charge is 2.18. The van der Waals surface area contributed by atoms with Crippen LogP contribution in [-0.2, 0) is 19.5 Å². The first-order valence-electron chi connectivity index (χ1n) is 12.8. The number of nitrogens with zero attached hydrogens (tertiary/aromatic N) is 2. The molecule has 4 rings (SSSR count). The fourth-order valence-electron chi connectivity index (χ4n) is 4.45. The number of aromatic nitrogens is 1. The van der Waals surface area contributed by atoms with Crippen LogP contribution in [0.2, 0.25) is 0 Å². The highest BCUT2D eigenvalue weighted by Crippen LogP contribution is 2.33. The number of benzene rings is 2. The van der Waals surface area contributed by atoms with Gasteiger partial charge in [0.15, 0.2) is 16.6 Å². The van der Waals surface area contributed by atoms with Crippen molar-refractivity contribution in [3.63, 3.8) is 0 Å². The molecule has 0 spiro atoms. The fourth-order valence-corrected chi connectivity index (χ4v) is 4.68. The summed E-state index contributed by atoms with van der Waals surface area (Å²) in [5, 5.41) is 5.08. The average molecular weight is 509 g/mol. The Hall–Kier alpha value is -3.10. The minimum absolute atomic E-state index is 0.0910. The molecule has 0 bridgehead atoms. The zero-order valence-corrected chi connectivity index (χ0v) is 22.2. The molecule has 36 heavy (non-hydrogen) atoms. The van der Waals surface area contributed by atoms with Crippen LogP contribution >= 0.6 is 12.2 Å². The molecule has 0 saturated carbocycles. The van der Waals surface area contributed by atoms with Gasteiger partial charge in [-0.05, 0) is 91.5 Å². The van der Waals surface area contributed by atoms with Crippen LogP contribution in [0.4, 0.5) is 0 Å². The van der Waals surface area contributed by atoms with Gasteiger partial charge in [-0.2, -0.15) is 0 Å². The summed E-state index contributed by atoms with van der Waals surface area (Å²) in [6, 6.07) is 14.1. The fraction of sp³-hybridized carbons (Fsp3) is 0.429. The second kappa shape index (κ2) is 12.2. The van der Waals surface area contributed by atoms with E-state index < -0.39 is 0 Å². The predicted octanol–water partition coefficient (Wildman–Crippen LogP) is 4.43. The van der Waals surface area contributed by atoms with Crippen LogP contribution in [0.25, 0.3) is 10.9 Å². The lowest BCUT2D eigenvalue weighted by Crippen LogP contribution is -2.41. The first-order chi connectivity index (χ1) is 17.5. The largest absolute Gasteiger partial charge is 0.454 e. The Bertz CT molecular complexity index is 1260. The van der Waals surface area contributed by atoms with Gasteiger partial charge in [-0.1, -0.05) is 32.9 Å². The van der Waals surface area contributed by atoms with Crippen LogP contribution in [0, 0.1) is 0 Å². The third-order valence-electron chi connectivity index (χ3n) is 6.67. The minimum atomic E-state index is -0.0910. The van der Waals surface area contributed by atoms with Crippen molar-refractivity contribution in [1.29, 1.82) is 0 Å². The van der Waals surface area contributed by atoms with Crippen molar-refractivity contribution in [2.45, 2.75) is 46.7 Å². The molecule has 1 aromatic heterocycles. The lowest BCUT2D eigenvalue weighted by atomic mass is 10.1. The predicted molar refractivity (Wildman–Crippen MR) is 149 cm³/mol. The molecule has 0 saturated heterocycles. The van der Waals surface area contributed by atoms with Gasteiger partial charge in [0.05, 0.1) is 6.54 Å². The molecule has 0 radical (unpaired) electrons. The minimum Gasteiger partial charge on any atom is -0.454 e. The van der Waals surface area contributed by atoms with E-state index in [-0.39, 0.29) is 12.4 Å². The van der Waals surface area contributed by atoms with Crippen molar-refractivity contribution in [3.8, 4) is 11.5 Å². The van der Waals surface area contributed by atoms with Crippen molar-refractivity contribution in [3.05, 3.63) is 69.5 Å². The number of thiocarbonyl (C=S) groups is 1. The molecular formula is C28H36N4O3S. The smallest absolute Gasteiger partial charge is 0.253 e. The van der Waals surface area contributed by atoms with Gasteiger partial charge in [0.25, 0.3) is 5.56 Å². The van der Waals surface area contributed by atoms with Crippen molar-refractivity contribution in [2.24, 2.45) is 0 Å². The Labute approximate surface area is 218 Å². The average Bonchev–Trinajstić information content (AvgIpc) is 3.36. The number of hydrogen-bond acceptors (Lipinski definition) is 5. The summed E-state index contributed by atoms with van der Waals surface area (Å²) in [7, 11) is 0. The van der Waals surface area contributed by atoms with E-state index in [1.54, 1.807) is 0 Å². The van der Waals surface area contributed by atoms with Gasteiger partial charge in [0.1, 0.15) is 0 Å². The number of H-pyrrole nitrogens is 1. The van der Waals surface area contributed by atoms with Crippen molar-refractivity contribution in [2.75, 3.05) is 33.0 Å². The molecule has 1 aliphatic rings. The zero-order chi connectivity index (χ0) is 25.5. The summed E-state index contributed by atoms with van der Waals surface area (Å²) >= 11 is 5.82. The standard InChI is InChI=1S/C28H36N4O3S/c1-4-20-8-10-24-22(14-20)16-23(27(33)30-24)18-32(28(36)29-12-7-13-31(5-2)6-3)17-21-9-11-25-26(15-21)35-19-34-25/h8-11,14-16H,4-7,12-13,17-19H2,1-3H3,(H,29,36)(H,30,33). The Morgan fingerprint density at radius 3 is 2.56 bits per heavy atom. The number of fused-ring (bicyclic) bond motifs is 2. The number of hydrogen-bond donors (Lipinski definition) is 2. The van der Waals surface area contributed by atoms with E-state index in [0.717, 1.165) is 67.0 Å². The van der Waals surface area contributed by atoms with E-state index >= 15 is 0 Å². The number of pyridine rings is 1. The topological polar surface area (TPSA) is 69.8 Å². The van der Waals surface area contributed by atoms with Crippen LogP contribution in [0.15, 0.2) is 47.3 Å². The Balaban J connectivity index is 1.53. The number of rotatable bonds is 11. The normalized spacial score (nSPS) is 12.3. The Morgan fingerprint density at radius 2 is 1.78 bits per heavy atom. The van der Waals surface area contributed by atoms with E-state index in [1.807, 2.05) is 35.2 Å². The number of aryl methyl sites for hydroxylation is 1. The highest BCUT2D eigenvalue weighted by atomic mass is 32.1. The molecule has 7 nitrogen and oxygen atoms in total. The van der Waals surface area contributed by atoms with Crippen molar-refractivity contribution >= 4 is 28.2 Å². The van der Waals surface area contributed by atoms with E-state index in [4.69, 9.17) is 21.7 Å².